The van der Waals surface area contributed by atoms with E-state index in [0.29, 0.717) is 0 Å². The summed E-state index contributed by atoms with van der Waals surface area (Å²) in [7, 11) is 0. The van der Waals surface area contributed by atoms with Crippen LogP contribution in [0.15, 0.2) is 36.4 Å². The van der Waals surface area contributed by atoms with Crippen molar-refractivity contribution < 1.29 is 9.59 Å². The summed E-state index contributed by atoms with van der Waals surface area (Å²) in [5.74, 6) is 0.403. The predicted molar refractivity (Wildman–Crippen MR) is 193 cm³/mol. The van der Waals surface area contributed by atoms with Gasteiger partial charge in [-0.25, -0.2) is 0 Å². The molecule has 0 radical (unpaired) electrons. The maximum atomic E-state index is 14.3. The van der Waals surface area contributed by atoms with Gasteiger partial charge in [0.25, 0.3) is 0 Å². The Bertz CT molecular complexity index is 1180. The molecule has 0 aromatic heterocycles. The Morgan fingerprint density at radius 3 is 1.18 bits per heavy atom. The van der Waals surface area contributed by atoms with E-state index in [1.165, 1.54) is 22.3 Å². The SMILES string of the molecule is CCCCC1(CCCC)c2cc(C(=O)C(C)(C)N(CCC)CCC)ccc2-c2ccc(C(=O)C(C)(C)N(CCC)CCC)cc21. The summed E-state index contributed by atoms with van der Waals surface area (Å²) in [5, 5.41) is 0. The molecular formula is C41H64N2O2. The van der Waals surface area contributed by atoms with Crippen molar-refractivity contribution in [2.24, 2.45) is 0 Å². The molecule has 0 unspecified atom stereocenters. The molecule has 2 aromatic rings. The highest BCUT2D eigenvalue weighted by Crippen LogP contribution is 2.55. The third-order valence-corrected chi connectivity index (χ3v) is 10.5. The minimum Gasteiger partial charge on any atom is -0.292 e. The lowest BCUT2D eigenvalue weighted by Crippen LogP contribution is -2.50. The summed E-state index contributed by atoms with van der Waals surface area (Å²) in [6.07, 6.45) is 10.6. The minimum atomic E-state index is -0.574. The highest BCUT2D eigenvalue weighted by molar-refractivity contribution is 6.05. The van der Waals surface area contributed by atoms with Gasteiger partial charge in [0.15, 0.2) is 11.6 Å². The van der Waals surface area contributed by atoms with E-state index in [1.54, 1.807) is 0 Å². The van der Waals surface area contributed by atoms with Gasteiger partial charge in [-0.05, 0) is 127 Å². The van der Waals surface area contributed by atoms with Crippen molar-refractivity contribution in [1.29, 1.82) is 0 Å². The average Bonchev–Trinajstić information content (AvgIpc) is 3.29. The zero-order valence-electron chi connectivity index (χ0n) is 30.6. The molecule has 0 amide bonds. The Morgan fingerprint density at radius 2 is 0.889 bits per heavy atom. The molecule has 0 saturated carbocycles. The molecule has 0 atom stereocenters. The van der Waals surface area contributed by atoms with Crippen molar-refractivity contribution in [2.75, 3.05) is 26.2 Å². The van der Waals surface area contributed by atoms with Gasteiger partial charge < -0.3 is 0 Å². The van der Waals surface area contributed by atoms with Crippen molar-refractivity contribution >= 4 is 11.6 Å². The van der Waals surface area contributed by atoms with Crippen LogP contribution in [0.25, 0.3) is 11.1 Å². The smallest absolute Gasteiger partial charge is 0.182 e. The predicted octanol–water partition coefficient (Wildman–Crippen LogP) is 10.5. The number of Topliss-reactive ketones (excluding diaryl/α,β-unsaturated/α-hetero) is 2. The summed E-state index contributed by atoms with van der Waals surface area (Å²) in [6, 6.07) is 13.0. The zero-order valence-corrected chi connectivity index (χ0v) is 30.6. The van der Waals surface area contributed by atoms with Crippen LogP contribution in [-0.4, -0.2) is 58.6 Å². The van der Waals surface area contributed by atoms with Gasteiger partial charge in [-0.1, -0.05) is 91.5 Å². The number of unbranched alkanes of at least 4 members (excludes halogenated alkanes) is 2. The lowest BCUT2D eigenvalue weighted by atomic mass is 9.70. The van der Waals surface area contributed by atoms with Crippen molar-refractivity contribution in [3.05, 3.63) is 58.7 Å². The number of hydrogen-bond donors (Lipinski definition) is 0. The van der Waals surface area contributed by atoms with Crippen LogP contribution in [0.1, 0.15) is 165 Å². The van der Waals surface area contributed by atoms with Crippen LogP contribution in [-0.2, 0) is 5.41 Å². The summed E-state index contributed by atoms with van der Waals surface area (Å²) >= 11 is 0. The number of rotatable bonds is 20. The van der Waals surface area contributed by atoms with Crippen LogP contribution in [0, 0.1) is 0 Å². The van der Waals surface area contributed by atoms with Crippen LogP contribution in [0.4, 0.5) is 0 Å². The lowest BCUT2D eigenvalue weighted by molar-refractivity contribution is 0.0635. The molecule has 0 aliphatic heterocycles. The maximum absolute atomic E-state index is 14.3. The molecule has 2 aromatic carbocycles. The Labute approximate surface area is 276 Å². The molecule has 1 aliphatic rings. The molecule has 4 heteroatoms. The van der Waals surface area contributed by atoms with E-state index in [1.807, 2.05) is 0 Å². The van der Waals surface area contributed by atoms with E-state index >= 15 is 0 Å². The van der Waals surface area contributed by atoms with E-state index in [9.17, 15) is 9.59 Å². The lowest BCUT2D eigenvalue weighted by Gasteiger charge is -2.38. The van der Waals surface area contributed by atoms with Crippen molar-refractivity contribution in [3.8, 4) is 11.1 Å². The Kier molecular flexibility index (Phi) is 13.2. The Morgan fingerprint density at radius 1 is 0.556 bits per heavy atom. The van der Waals surface area contributed by atoms with E-state index < -0.39 is 11.1 Å². The standard InChI is InChI=1S/C41H64N2O2/c1-11-17-23-41(24-18-12-2)35-29-31(37(44)39(7,8)42(25-13-3)26-14-4)19-21-33(35)34-22-20-32(30-36(34)41)38(45)40(9,10)43(27-15-5)28-16-6/h19-22,29-30H,11-18,23-28H2,1-10H3. The summed E-state index contributed by atoms with van der Waals surface area (Å²) in [4.78, 5) is 33.3. The van der Waals surface area contributed by atoms with E-state index in [4.69, 9.17) is 0 Å². The molecule has 0 fully saturated rings. The third kappa shape index (κ3) is 7.49. The van der Waals surface area contributed by atoms with Crippen LogP contribution in [0.5, 0.6) is 0 Å². The van der Waals surface area contributed by atoms with Crippen molar-refractivity contribution in [3.63, 3.8) is 0 Å². The maximum Gasteiger partial charge on any atom is 0.182 e. The second kappa shape index (κ2) is 16.0. The topological polar surface area (TPSA) is 40.6 Å². The zero-order chi connectivity index (χ0) is 33.4. The third-order valence-electron chi connectivity index (χ3n) is 10.5. The highest BCUT2D eigenvalue weighted by Gasteiger charge is 2.44. The molecule has 0 heterocycles. The first-order valence-electron chi connectivity index (χ1n) is 18.3. The molecular weight excluding hydrogens is 552 g/mol. The summed E-state index contributed by atoms with van der Waals surface area (Å²) in [5.41, 5.74) is 5.34. The van der Waals surface area contributed by atoms with Gasteiger partial charge >= 0.3 is 0 Å². The van der Waals surface area contributed by atoms with Crippen LogP contribution >= 0.6 is 0 Å². The highest BCUT2D eigenvalue weighted by atomic mass is 16.1. The molecule has 3 rings (SSSR count). The molecule has 0 saturated heterocycles. The van der Waals surface area contributed by atoms with Crippen LogP contribution in [0.3, 0.4) is 0 Å². The fourth-order valence-corrected chi connectivity index (χ4v) is 7.81. The molecule has 4 nitrogen and oxygen atoms in total. The van der Waals surface area contributed by atoms with Crippen LogP contribution < -0.4 is 0 Å². The summed E-state index contributed by atoms with van der Waals surface area (Å²) in [6.45, 7) is 25.4. The monoisotopic (exact) mass is 616 g/mol. The number of fused-ring (bicyclic) bond motifs is 3. The molecule has 0 bridgehead atoms. The van der Waals surface area contributed by atoms with Gasteiger partial charge in [0.2, 0.25) is 0 Å². The second-order valence-corrected chi connectivity index (χ2v) is 14.6. The Balaban J connectivity index is 2.19. The fraction of sp³-hybridized carbons (Fsp3) is 0.659. The Hall–Kier alpha value is -2.30. The van der Waals surface area contributed by atoms with Gasteiger partial charge in [-0.2, -0.15) is 0 Å². The van der Waals surface area contributed by atoms with Gasteiger partial charge in [0, 0.05) is 16.5 Å². The van der Waals surface area contributed by atoms with Gasteiger partial charge in [0.05, 0.1) is 11.1 Å². The number of carbonyl (C=O) groups excluding carboxylic acids is 2. The van der Waals surface area contributed by atoms with E-state index in [0.717, 1.165) is 102 Å². The first kappa shape index (κ1) is 37.2. The number of ketones is 2. The van der Waals surface area contributed by atoms with Gasteiger partial charge in [-0.3, -0.25) is 19.4 Å². The van der Waals surface area contributed by atoms with E-state index in [2.05, 4.69) is 115 Å². The number of benzene rings is 2. The molecule has 250 valence electrons. The number of nitrogens with zero attached hydrogens (tertiary/aromatic N) is 2. The first-order chi connectivity index (χ1) is 21.4. The number of carbonyl (C=O) groups is 2. The van der Waals surface area contributed by atoms with E-state index in [-0.39, 0.29) is 17.0 Å². The van der Waals surface area contributed by atoms with Crippen molar-refractivity contribution in [2.45, 2.75) is 150 Å². The van der Waals surface area contributed by atoms with Gasteiger partial charge in [-0.15, -0.1) is 0 Å². The molecule has 1 aliphatic carbocycles. The summed E-state index contributed by atoms with van der Waals surface area (Å²) < 4.78 is 0. The minimum absolute atomic E-state index is 0.198. The average molecular weight is 617 g/mol. The van der Waals surface area contributed by atoms with Crippen molar-refractivity contribution in [1.82, 2.24) is 9.80 Å². The van der Waals surface area contributed by atoms with Gasteiger partial charge in [0.1, 0.15) is 0 Å². The first-order valence-corrected chi connectivity index (χ1v) is 18.3. The fourth-order valence-electron chi connectivity index (χ4n) is 7.81. The second-order valence-electron chi connectivity index (χ2n) is 14.6. The normalized spacial score (nSPS) is 14.2. The number of hydrogen-bond acceptors (Lipinski definition) is 4. The largest absolute Gasteiger partial charge is 0.292 e. The quantitative estimate of drug-likeness (QED) is 0.139. The molecule has 0 spiro atoms. The molecule has 0 N–H and O–H groups in total. The molecule has 45 heavy (non-hydrogen) atoms. The van der Waals surface area contributed by atoms with Crippen LogP contribution in [0.2, 0.25) is 0 Å².